The molecule has 0 aromatic carbocycles. The minimum absolute atomic E-state index is 0.0346. The molecule has 0 unspecified atom stereocenters. The summed E-state index contributed by atoms with van der Waals surface area (Å²) in [5, 5.41) is 9.13. The van der Waals surface area contributed by atoms with E-state index >= 15 is 0 Å². The fourth-order valence-electron chi connectivity index (χ4n) is 2.24. The molecule has 2 aliphatic rings. The van der Waals surface area contributed by atoms with Crippen LogP contribution in [0.15, 0.2) is 0 Å². The number of alkyl halides is 3. The number of ether oxygens (including phenoxy) is 1. The monoisotopic (exact) mass is 239 g/mol. The van der Waals surface area contributed by atoms with Gasteiger partial charge in [-0.3, -0.25) is 4.74 Å². The maximum absolute atomic E-state index is 12.0. The Labute approximate surface area is 92.2 Å². The first-order valence-electron chi connectivity index (χ1n) is 5.50. The molecular weight excluding hydrogens is 223 g/mol. The average Bonchev–Trinajstić information content (AvgIpc) is 2.80. The van der Waals surface area contributed by atoms with E-state index in [0.717, 1.165) is 12.8 Å². The van der Waals surface area contributed by atoms with E-state index in [9.17, 15) is 13.2 Å². The van der Waals surface area contributed by atoms with Crippen LogP contribution in [0.25, 0.3) is 0 Å². The molecule has 0 bridgehead atoms. The molecule has 1 atom stereocenters. The summed E-state index contributed by atoms with van der Waals surface area (Å²) < 4.78 is 39.9. The number of aliphatic hydroxyl groups excluding tert-OH is 1. The minimum Gasteiger partial charge on any atom is -0.396 e. The average molecular weight is 239 g/mol. The second-order valence-corrected chi connectivity index (χ2v) is 4.87. The van der Waals surface area contributed by atoms with Gasteiger partial charge in [0, 0.05) is 31.7 Å². The van der Waals surface area contributed by atoms with Crippen molar-refractivity contribution in [2.24, 2.45) is 5.41 Å². The quantitative estimate of drug-likeness (QED) is 0.804. The standard InChI is InChI=1S/C10H16F3NO2/c11-10(12,13)16-8-1-4-14(5-8)6-9(7-15)2-3-9/h8,15H,1-7H2/t8-/m0/s1. The first-order valence-corrected chi connectivity index (χ1v) is 5.50. The van der Waals surface area contributed by atoms with Gasteiger partial charge in [0.25, 0.3) is 0 Å². The van der Waals surface area contributed by atoms with E-state index in [2.05, 4.69) is 4.74 Å². The number of hydrogen-bond donors (Lipinski definition) is 1. The van der Waals surface area contributed by atoms with Gasteiger partial charge in [-0.1, -0.05) is 0 Å². The summed E-state index contributed by atoms with van der Waals surface area (Å²) >= 11 is 0. The smallest absolute Gasteiger partial charge is 0.396 e. The molecule has 1 aliphatic carbocycles. The highest BCUT2D eigenvalue weighted by molar-refractivity contribution is 4.96. The van der Waals surface area contributed by atoms with E-state index in [-0.39, 0.29) is 12.0 Å². The molecule has 1 saturated heterocycles. The van der Waals surface area contributed by atoms with Crippen molar-refractivity contribution >= 4 is 0 Å². The highest BCUT2D eigenvalue weighted by atomic mass is 19.4. The molecule has 0 amide bonds. The van der Waals surface area contributed by atoms with Crippen LogP contribution >= 0.6 is 0 Å². The lowest BCUT2D eigenvalue weighted by atomic mass is 10.1. The van der Waals surface area contributed by atoms with Crippen LogP contribution < -0.4 is 0 Å². The molecule has 1 N–H and O–H groups in total. The van der Waals surface area contributed by atoms with Crippen molar-refractivity contribution in [1.82, 2.24) is 4.90 Å². The van der Waals surface area contributed by atoms with Crippen LogP contribution in [0.5, 0.6) is 0 Å². The van der Waals surface area contributed by atoms with Gasteiger partial charge in [-0.2, -0.15) is 0 Å². The third kappa shape index (κ3) is 3.09. The Kier molecular flexibility index (Phi) is 3.16. The zero-order valence-electron chi connectivity index (χ0n) is 8.96. The van der Waals surface area contributed by atoms with E-state index < -0.39 is 12.5 Å². The number of likely N-dealkylation sites (tertiary alicyclic amines) is 1. The van der Waals surface area contributed by atoms with Gasteiger partial charge in [-0.05, 0) is 19.3 Å². The van der Waals surface area contributed by atoms with Crippen LogP contribution in [-0.2, 0) is 4.74 Å². The molecular formula is C10H16F3NO2. The number of halogens is 3. The van der Waals surface area contributed by atoms with E-state index in [1.165, 1.54) is 0 Å². The Morgan fingerprint density at radius 1 is 1.38 bits per heavy atom. The third-order valence-corrected chi connectivity index (χ3v) is 3.38. The lowest BCUT2D eigenvalue weighted by Crippen LogP contribution is -2.32. The number of aliphatic hydroxyl groups is 1. The van der Waals surface area contributed by atoms with Crippen molar-refractivity contribution in [1.29, 1.82) is 0 Å². The first-order chi connectivity index (χ1) is 7.42. The van der Waals surface area contributed by atoms with Crippen molar-refractivity contribution in [3.8, 4) is 0 Å². The van der Waals surface area contributed by atoms with Crippen LogP contribution in [-0.4, -0.2) is 48.7 Å². The summed E-state index contributed by atoms with van der Waals surface area (Å²) in [5.74, 6) is 0. The summed E-state index contributed by atoms with van der Waals surface area (Å²) in [4.78, 5) is 1.96. The van der Waals surface area contributed by atoms with Gasteiger partial charge in [0.15, 0.2) is 0 Å². The van der Waals surface area contributed by atoms with Crippen molar-refractivity contribution in [3.05, 3.63) is 0 Å². The highest BCUT2D eigenvalue weighted by Gasteiger charge is 2.45. The number of hydrogen-bond acceptors (Lipinski definition) is 3. The number of nitrogens with zero attached hydrogens (tertiary/aromatic N) is 1. The summed E-state index contributed by atoms with van der Waals surface area (Å²) in [6.07, 6.45) is -2.90. The second kappa shape index (κ2) is 4.16. The molecule has 1 heterocycles. The molecule has 1 aliphatic heterocycles. The molecule has 16 heavy (non-hydrogen) atoms. The summed E-state index contributed by atoms with van der Waals surface area (Å²) in [6, 6.07) is 0. The van der Waals surface area contributed by atoms with Crippen molar-refractivity contribution < 1.29 is 23.0 Å². The lowest BCUT2D eigenvalue weighted by molar-refractivity contribution is -0.340. The highest BCUT2D eigenvalue weighted by Crippen LogP contribution is 2.46. The lowest BCUT2D eigenvalue weighted by Gasteiger charge is -2.21. The number of rotatable bonds is 4. The van der Waals surface area contributed by atoms with Crippen molar-refractivity contribution in [2.75, 3.05) is 26.2 Å². The van der Waals surface area contributed by atoms with Crippen molar-refractivity contribution in [3.63, 3.8) is 0 Å². The van der Waals surface area contributed by atoms with E-state index in [0.29, 0.717) is 26.1 Å². The maximum Gasteiger partial charge on any atom is 0.522 e. The van der Waals surface area contributed by atoms with Gasteiger partial charge in [-0.25, -0.2) is 0 Å². The Morgan fingerprint density at radius 3 is 2.56 bits per heavy atom. The Hall–Kier alpha value is -0.330. The Bertz CT molecular complexity index is 253. The van der Waals surface area contributed by atoms with Crippen LogP contribution in [0.1, 0.15) is 19.3 Å². The van der Waals surface area contributed by atoms with Gasteiger partial charge in [0.05, 0.1) is 6.10 Å². The van der Waals surface area contributed by atoms with Crippen LogP contribution in [0.3, 0.4) is 0 Å². The molecule has 6 heteroatoms. The van der Waals surface area contributed by atoms with Crippen molar-refractivity contribution in [2.45, 2.75) is 31.7 Å². The second-order valence-electron chi connectivity index (χ2n) is 4.87. The van der Waals surface area contributed by atoms with Crippen LogP contribution in [0.2, 0.25) is 0 Å². The predicted octanol–water partition coefficient (Wildman–Crippen LogP) is 1.37. The van der Waals surface area contributed by atoms with Gasteiger partial charge in [-0.15, -0.1) is 13.2 Å². The summed E-state index contributed by atoms with van der Waals surface area (Å²) in [7, 11) is 0. The van der Waals surface area contributed by atoms with E-state index in [4.69, 9.17) is 5.11 Å². The summed E-state index contributed by atoms with van der Waals surface area (Å²) in [6.45, 7) is 1.78. The summed E-state index contributed by atoms with van der Waals surface area (Å²) in [5.41, 5.74) is -0.0346. The molecule has 1 saturated carbocycles. The fraction of sp³-hybridized carbons (Fsp3) is 1.00. The molecule has 0 aromatic rings. The van der Waals surface area contributed by atoms with Gasteiger partial charge < -0.3 is 10.0 Å². The van der Waals surface area contributed by atoms with E-state index in [1.807, 2.05) is 4.90 Å². The predicted molar refractivity (Wildman–Crippen MR) is 50.7 cm³/mol. The Balaban J connectivity index is 1.75. The molecule has 0 aromatic heterocycles. The van der Waals surface area contributed by atoms with Gasteiger partial charge in [0.1, 0.15) is 0 Å². The molecule has 0 radical (unpaired) electrons. The molecule has 2 rings (SSSR count). The zero-order valence-corrected chi connectivity index (χ0v) is 8.96. The largest absolute Gasteiger partial charge is 0.522 e. The van der Waals surface area contributed by atoms with E-state index in [1.54, 1.807) is 0 Å². The zero-order chi connectivity index (χ0) is 11.8. The first kappa shape index (κ1) is 12.1. The SMILES string of the molecule is OCC1(CN2CC[C@H](OC(F)(F)F)C2)CC1. The molecule has 0 spiro atoms. The molecule has 94 valence electrons. The normalized spacial score (nSPS) is 29.6. The molecule has 2 fully saturated rings. The molecule has 3 nitrogen and oxygen atoms in total. The Morgan fingerprint density at radius 2 is 2.06 bits per heavy atom. The minimum atomic E-state index is -4.53. The van der Waals surface area contributed by atoms with Gasteiger partial charge in [0.2, 0.25) is 0 Å². The maximum atomic E-state index is 12.0. The van der Waals surface area contributed by atoms with Crippen LogP contribution in [0.4, 0.5) is 13.2 Å². The fourth-order valence-corrected chi connectivity index (χ4v) is 2.24. The third-order valence-electron chi connectivity index (χ3n) is 3.38. The van der Waals surface area contributed by atoms with Gasteiger partial charge >= 0.3 is 6.36 Å². The van der Waals surface area contributed by atoms with Crippen LogP contribution in [0, 0.1) is 5.41 Å². The topological polar surface area (TPSA) is 32.7 Å².